The number of halogens is 2. The molecule has 0 spiro atoms. The molecule has 4 nitrogen and oxygen atoms in total. The predicted octanol–water partition coefficient (Wildman–Crippen LogP) is 4.61. The first-order chi connectivity index (χ1) is 11.9. The molecule has 1 aliphatic carbocycles. The fourth-order valence-corrected chi connectivity index (χ4v) is 3.88. The maximum atomic E-state index is 13.0. The van der Waals surface area contributed by atoms with E-state index in [0.717, 1.165) is 25.7 Å². The van der Waals surface area contributed by atoms with Gasteiger partial charge in [-0.05, 0) is 43.5 Å². The van der Waals surface area contributed by atoms with Crippen LogP contribution in [0.4, 0.5) is 0 Å². The Balaban J connectivity index is 2.06. The van der Waals surface area contributed by atoms with Gasteiger partial charge in [0, 0.05) is 11.7 Å². The zero-order chi connectivity index (χ0) is 18.1. The van der Waals surface area contributed by atoms with Crippen molar-refractivity contribution in [1.82, 2.24) is 4.90 Å². The molecule has 25 heavy (non-hydrogen) atoms. The molecule has 1 heterocycles. The third-order valence-electron chi connectivity index (χ3n) is 4.78. The van der Waals surface area contributed by atoms with Crippen molar-refractivity contribution in [2.45, 2.75) is 38.6 Å². The Bertz CT molecular complexity index is 792. The number of hydrogen-bond donors (Lipinski definition) is 0. The lowest BCUT2D eigenvalue weighted by molar-refractivity contribution is -0.136. The van der Waals surface area contributed by atoms with Crippen molar-refractivity contribution in [2.75, 3.05) is 7.11 Å². The Hall–Kier alpha value is -1.78. The van der Waals surface area contributed by atoms with Crippen molar-refractivity contribution >= 4 is 41.2 Å². The van der Waals surface area contributed by atoms with Gasteiger partial charge >= 0.3 is 5.97 Å². The van der Waals surface area contributed by atoms with Gasteiger partial charge in [0.05, 0.1) is 28.3 Å². The van der Waals surface area contributed by atoms with E-state index in [0.29, 0.717) is 32.5 Å². The highest BCUT2D eigenvalue weighted by Gasteiger charge is 2.40. The molecule has 6 heteroatoms. The molecule has 1 aromatic rings. The van der Waals surface area contributed by atoms with Crippen molar-refractivity contribution in [3.63, 3.8) is 0 Å². The summed E-state index contributed by atoms with van der Waals surface area (Å²) >= 11 is 12.0. The van der Waals surface area contributed by atoms with Crippen molar-refractivity contribution in [3.8, 4) is 0 Å². The molecule has 0 unspecified atom stereocenters. The first kappa shape index (κ1) is 18.0. The zero-order valence-corrected chi connectivity index (χ0v) is 15.7. The first-order valence-corrected chi connectivity index (χ1v) is 8.99. The highest BCUT2D eigenvalue weighted by atomic mass is 35.5. The molecule has 1 saturated carbocycles. The van der Waals surface area contributed by atoms with Crippen LogP contribution in [-0.4, -0.2) is 29.9 Å². The summed E-state index contributed by atoms with van der Waals surface area (Å²) in [5.41, 5.74) is 2.04. The van der Waals surface area contributed by atoms with Crippen LogP contribution in [0.3, 0.4) is 0 Å². The largest absolute Gasteiger partial charge is 0.465 e. The Morgan fingerprint density at radius 1 is 1.24 bits per heavy atom. The molecule has 2 aliphatic rings. The fourth-order valence-electron chi connectivity index (χ4n) is 3.57. The molecule has 0 aromatic heterocycles. The Morgan fingerprint density at radius 3 is 2.52 bits per heavy atom. The second-order valence-corrected chi connectivity index (χ2v) is 7.11. The molecular formula is C19H19Cl2NO3. The number of amides is 1. The second-order valence-electron chi connectivity index (χ2n) is 6.30. The SMILES string of the molecule is COC(=O)C1=C(C)N(C2CCCC2)C(=O)/C1=C\c1ccc(Cl)c(Cl)c1. The van der Waals surface area contributed by atoms with E-state index in [1.54, 1.807) is 36.1 Å². The molecular weight excluding hydrogens is 361 g/mol. The minimum Gasteiger partial charge on any atom is -0.465 e. The van der Waals surface area contributed by atoms with Gasteiger partial charge < -0.3 is 9.64 Å². The molecule has 0 saturated heterocycles. The zero-order valence-electron chi connectivity index (χ0n) is 14.1. The lowest BCUT2D eigenvalue weighted by Gasteiger charge is -2.25. The molecule has 132 valence electrons. The van der Waals surface area contributed by atoms with Gasteiger partial charge in [0.25, 0.3) is 5.91 Å². The third kappa shape index (κ3) is 3.33. The first-order valence-electron chi connectivity index (χ1n) is 8.24. The highest BCUT2D eigenvalue weighted by molar-refractivity contribution is 6.42. The van der Waals surface area contributed by atoms with E-state index in [-0.39, 0.29) is 11.9 Å². The van der Waals surface area contributed by atoms with E-state index < -0.39 is 5.97 Å². The number of esters is 1. The topological polar surface area (TPSA) is 46.6 Å². The number of nitrogens with zero attached hydrogens (tertiary/aromatic N) is 1. The fraction of sp³-hybridized carbons (Fsp3) is 0.368. The number of allylic oxidation sites excluding steroid dienone is 1. The number of carbonyl (C=O) groups excluding carboxylic acids is 2. The summed E-state index contributed by atoms with van der Waals surface area (Å²) in [5, 5.41) is 0.837. The second kappa shape index (κ2) is 7.22. The number of methoxy groups -OCH3 is 1. The van der Waals surface area contributed by atoms with Gasteiger partial charge in [-0.2, -0.15) is 0 Å². The number of carbonyl (C=O) groups is 2. The van der Waals surface area contributed by atoms with Crippen LogP contribution in [0.2, 0.25) is 10.0 Å². The van der Waals surface area contributed by atoms with E-state index in [4.69, 9.17) is 27.9 Å². The standard InChI is InChI=1S/C19H19Cl2NO3/c1-11-17(19(24)25-2)14(9-12-7-8-15(20)16(21)10-12)18(23)22(11)13-5-3-4-6-13/h7-10,13H,3-6H2,1-2H3/b14-9-. The van der Waals surface area contributed by atoms with Gasteiger partial charge in [-0.1, -0.05) is 42.1 Å². The minimum absolute atomic E-state index is 0.145. The lowest BCUT2D eigenvalue weighted by Crippen LogP contribution is -2.34. The molecule has 0 bridgehead atoms. The van der Waals surface area contributed by atoms with E-state index >= 15 is 0 Å². The van der Waals surface area contributed by atoms with Crippen molar-refractivity contribution in [3.05, 3.63) is 50.7 Å². The summed E-state index contributed by atoms with van der Waals surface area (Å²) in [6.07, 6.45) is 5.78. The van der Waals surface area contributed by atoms with Gasteiger partial charge in [-0.15, -0.1) is 0 Å². The van der Waals surface area contributed by atoms with Crippen molar-refractivity contribution < 1.29 is 14.3 Å². The summed E-state index contributed by atoms with van der Waals surface area (Å²) in [7, 11) is 1.32. The van der Waals surface area contributed by atoms with Crippen molar-refractivity contribution in [2.24, 2.45) is 0 Å². The van der Waals surface area contributed by atoms with Gasteiger partial charge in [0.15, 0.2) is 0 Å². The quantitative estimate of drug-likeness (QED) is 0.568. The van der Waals surface area contributed by atoms with Gasteiger partial charge in [0.1, 0.15) is 0 Å². The van der Waals surface area contributed by atoms with E-state index in [1.807, 2.05) is 0 Å². The van der Waals surface area contributed by atoms with Gasteiger partial charge in [0.2, 0.25) is 0 Å². The van der Waals surface area contributed by atoms with Crippen LogP contribution in [-0.2, 0) is 14.3 Å². The van der Waals surface area contributed by atoms with Gasteiger partial charge in [-0.3, -0.25) is 4.79 Å². The van der Waals surface area contributed by atoms with Crippen LogP contribution in [0.25, 0.3) is 6.08 Å². The predicted molar refractivity (Wildman–Crippen MR) is 98.3 cm³/mol. The smallest absolute Gasteiger partial charge is 0.340 e. The Morgan fingerprint density at radius 2 is 1.92 bits per heavy atom. The van der Waals surface area contributed by atoms with Crippen LogP contribution in [0.5, 0.6) is 0 Å². The number of benzene rings is 1. The average molecular weight is 380 g/mol. The normalized spacial score (nSPS) is 20.1. The molecule has 1 amide bonds. The maximum absolute atomic E-state index is 13.0. The molecule has 0 N–H and O–H groups in total. The summed E-state index contributed by atoms with van der Waals surface area (Å²) < 4.78 is 4.91. The molecule has 0 radical (unpaired) electrons. The maximum Gasteiger partial charge on any atom is 0.340 e. The summed E-state index contributed by atoms with van der Waals surface area (Å²) in [4.78, 5) is 27.1. The lowest BCUT2D eigenvalue weighted by atomic mass is 10.0. The van der Waals surface area contributed by atoms with Crippen LogP contribution >= 0.6 is 23.2 Å². The number of rotatable bonds is 3. The van der Waals surface area contributed by atoms with E-state index in [9.17, 15) is 9.59 Å². The van der Waals surface area contributed by atoms with E-state index in [1.165, 1.54) is 7.11 Å². The minimum atomic E-state index is -0.502. The molecule has 1 aliphatic heterocycles. The number of ether oxygens (including phenoxy) is 1. The van der Waals surface area contributed by atoms with Crippen LogP contribution in [0.1, 0.15) is 38.2 Å². The molecule has 1 fully saturated rings. The van der Waals surface area contributed by atoms with Gasteiger partial charge in [-0.25, -0.2) is 4.79 Å². The monoisotopic (exact) mass is 379 g/mol. The van der Waals surface area contributed by atoms with E-state index in [2.05, 4.69) is 0 Å². The van der Waals surface area contributed by atoms with Crippen molar-refractivity contribution in [1.29, 1.82) is 0 Å². The Kier molecular flexibility index (Phi) is 5.21. The molecule has 1 aromatic carbocycles. The number of hydrogen-bond acceptors (Lipinski definition) is 3. The van der Waals surface area contributed by atoms with Crippen LogP contribution in [0.15, 0.2) is 35.0 Å². The molecule has 0 atom stereocenters. The Labute approximate surface area is 157 Å². The summed E-state index contributed by atoms with van der Waals surface area (Å²) in [5.74, 6) is -0.659. The highest BCUT2D eigenvalue weighted by Crippen LogP contribution is 2.37. The summed E-state index contributed by atoms with van der Waals surface area (Å²) in [6, 6.07) is 5.24. The average Bonchev–Trinajstić information content (AvgIpc) is 3.18. The molecule has 3 rings (SSSR count). The summed E-state index contributed by atoms with van der Waals surface area (Å²) in [6.45, 7) is 1.80. The third-order valence-corrected chi connectivity index (χ3v) is 5.51. The van der Waals surface area contributed by atoms with Crippen LogP contribution in [0, 0.1) is 0 Å². The van der Waals surface area contributed by atoms with Crippen LogP contribution < -0.4 is 0 Å².